The maximum atomic E-state index is 14.2. The first-order valence-electron chi connectivity index (χ1n) is 10.6. The number of amides is 2. The van der Waals surface area contributed by atoms with Gasteiger partial charge in [0.25, 0.3) is 5.91 Å². The van der Waals surface area contributed by atoms with Crippen LogP contribution in [0.25, 0.3) is 0 Å². The lowest BCUT2D eigenvalue weighted by Gasteiger charge is -2.27. The topological polar surface area (TPSA) is 101 Å². The van der Waals surface area contributed by atoms with Crippen molar-refractivity contribution in [3.05, 3.63) is 65.2 Å². The highest BCUT2D eigenvalue weighted by Gasteiger charge is 2.27. The predicted octanol–water partition coefficient (Wildman–Crippen LogP) is 3.40. The maximum Gasteiger partial charge on any atom is 0.407 e. The first-order chi connectivity index (χ1) is 15.0. The van der Waals surface area contributed by atoms with Crippen LogP contribution in [0.4, 0.5) is 9.18 Å². The highest BCUT2D eigenvalue weighted by Crippen LogP contribution is 2.16. The molecule has 0 aliphatic rings. The molecule has 0 saturated heterocycles. The van der Waals surface area contributed by atoms with E-state index in [1.165, 1.54) is 12.3 Å². The van der Waals surface area contributed by atoms with Crippen LogP contribution in [0.2, 0.25) is 0 Å². The molecule has 3 N–H and O–H groups in total. The molecule has 2 amide bonds. The number of carbonyl (C=O) groups is 2. The summed E-state index contributed by atoms with van der Waals surface area (Å²) in [7, 11) is 0. The van der Waals surface area contributed by atoms with Gasteiger partial charge < -0.3 is 20.5 Å². The van der Waals surface area contributed by atoms with E-state index in [4.69, 9.17) is 4.74 Å². The third kappa shape index (κ3) is 7.92. The minimum Gasteiger partial charge on any atom is -0.444 e. The molecule has 1 heterocycles. The summed E-state index contributed by atoms with van der Waals surface area (Å²) < 4.78 is 19.6. The molecule has 1 aromatic heterocycles. The molecule has 1 aromatic carbocycles. The number of benzene rings is 1. The molecule has 0 saturated carbocycles. The number of aliphatic hydroxyl groups is 1. The molecule has 174 valence electrons. The van der Waals surface area contributed by atoms with Crippen molar-refractivity contribution in [1.29, 1.82) is 0 Å². The fraction of sp³-hybridized carbons (Fsp3) is 0.458. The Bertz CT molecular complexity index is 927. The molecule has 2 rings (SSSR count). The number of nitrogens with one attached hydrogen (secondary N) is 2. The van der Waals surface area contributed by atoms with Gasteiger partial charge in [-0.15, -0.1) is 0 Å². The van der Waals surface area contributed by atoms with Crippen molar-refractivity contribution in [2.75, 3.05) is 0 Å². The summed E-state index contributed by atoms with van der Waals surface area (Å²) in [5, 5.41) is 16.4. The molecule has 0 radical (unpaired) electrons. The van der Waals surface area contributed by atoms with Crippen LogP contribution < -0.4 is 10.6 Å². The molecule has 8 heteroatoms. The second-order valence-electron chi connectivity index (χ2n) is 8.95. The number of pyridine rings is 1. The van der Waals surface area contributed by atoms with Crippen LogP contribution in [-0.2, 0) is 17.6 Å². The number of ether oxygens (including phenoxy) is 1. The van der Waals surface area contributed by atoms with Gasteiger partial charge in [-0.2, -0.15) is 0 Å². The lowest BCUT2D eigenvalue weighted by molar-refractivity contribution is 0.0420. The molecular weight excluding hydrogens is 413 g/mol. The van der Waals surface area contributed by atoms with E-state index in [2.05, 4.69) is 15.6 Å². The SMILES string of the molecule is CC(C)NC(=O)c1cccnc1C[C@H](O)[C@@H](Cc1ccccc1F)NC(=O)OC(C)(C)C. The zero-order chi connectivity index (χ0) is 23.9. The fourth-order valence-electron chi connectivity index (χ4n) is 3.13. The second-order valence-corrected chi connectivity index (χ2v) is 8.95. The van der Waals surface area contributed by atoms with Crippen molar-refractivity contribution in [3.63, 3.8) is 0 Å². The Morgan fingerprint density at radius 2 is 1.78 bits per heavy atom. The number of hydrogen-bond donors (Lipinski definition) is 3. The van der Waals surface area contributed by atoms with Gasteiger partial charge in [0, 0.05) is 18.7 Å². The molecule has 0 unspecified atom stereocenters. The van der Waals surface area contributed by atoms with E-state index in [0.717, 1.165) is 0 Å². The molecular formula is C24H32FN3O4. The summed E-state index contributed by atoms with van der Waals surface area (Å²) in [5.74, 6) is -0.744. The minimum absolute atomic E-state index is 0.0173. The van der Waals surface area contributed by atoms with Gasteiger partial charge in [-0.1, -0.05) is 18.2 Å². The average molecular weight is 446 g/mol. The Morgan fingerprint density at radius 3 is 2.41 bits per heavy atom. The second kappa shape index (κ2) is 11.0. The summed E-state index contributed by atoms with van der Waals surface area (Å²) in [6, 6.07) is 8.49. The smallest absolute Gasteiger partial charge is 0.407 e. The van der Waals surface area contributed by atoms with Crippen LogP contribution >= 0.6 is 0 Å². The molecule has 0 fully saturated rings. The monoisotopic (exact) mass is 445 g/mol. The van der Waals surface area contributed by atoms with Crippen molar-refractivity contribution in [3.8, 4) is 0 Å². The molecule has 2 atom stereocenters. The van der Waals surface area contributed by atoms with Gasteiger partial charge in [0.05, 0.1) is 23.4 Å². The summed E-state index contributed by atoms with van der Waals surface area (Å²) in [6.45, 7) is 8.86. The number of alkyl carbamates (subject to hydrolysis) is 1. The molecule has 2 aromatic rings. The number of halogens is 1. The third-order valence-corrected chi connectivity index (χ3v) is 4.52. The normalized spacial score (nSPS) is 13.4. The van der Waals surface area contributed by atoms with E-state index >= 15 is 0 Å². The number of aromatic nitrogens is 1. The Labute approximate surface area is 188 Å². The van der Waals surface area contributed by atoms with E-state index in [9.17, 15) is 19.1 Å². The van der Waals surface area contributed by atoms with E-state index < -0.39 is 29.7 Å². The van der Waals surface area contributed by atoms with Crippen LogP contribution in [0.3, 0.4) is 0 Å². The predicted molar refractivity (Wildman–Crippen MR) is 120 cm³/mol. The van der Waals surface area contributed by atoms with E-state index in [1.54, 1.807) is 51.1 Å². The highest BCUT2D eigenvalue weighted by molar-refractivity contribution is 5.95. The quantitative estimate of drug-likeness (QED) is 0.578. The van der Waals surface area contributed by atoms with Gasteiger partial charge in [0.2, 0.25) is 0 Å². The molecule has 0 bridgehead atoms. The van der Waals surface area contributed by atoms with Gasteiger partial charge in [-0.3, -0.25) is 9.78 Å². The largest absolute Gasteiger partial charge is 0.444 e. The van der Waals surface area contributed by atoms with Crippen LogP contribution in [0.5, 0.6) is 0 Å². The van der Waals surface area contributed by atoms with E-state index in [0.29, 0.717) is 16.8 Å². The minimum atomic E-state index is -1.15. The summed E-state index contributed by atoms with van der Waals surface area (Å²) in [6.07, 6.45) is -0.329. The lowest BCUT2D eigenvalue weighted by Crippen LogP contribution is -2.47. The van der Waals surface area contributed by atoms with E-state index in [-0.39, 0.29) is 24.8 Å². The lowest BCUT2D eigenvalue weighted by atomic mass is 9.96. The first-order valence-corrected chi connectivity index (χ1v) is 10.6. The van der Waals surface area contributed by atoms with Crippen LogP contribution in [0.15, 0.2) is 42.6 Å². The molecule has 0 aliphatic carbocycles. The number of carbonyl (C=O) groups excluding carboxylic acids is 2. The fourth-order valence-corrected chi connectivity index (χ4v) is 3.13. The molecule has 0 aliphatic heterocycles. The number of aliphatic hydroxyl groups excluding tert-OH is 1. The number of hydrogen-bond acceptors (Lipinski definition) is 5. The van der Waals surface area contributed by atoms with Crippen molar-refractivity contribution in [2.24, 2.45) is 0 Å². The standard InChI is InChI=1S/C24H32FN3O4/c1-15(2)27-22(30)17-10-8-12-26-19(17)14-21(29)20(28-23(31)32-24(3,4)5)13-16-9-6-7-11-18(16)25/h6-12,15,20-21,29H,13-14H2,1-5H3,(H,27,30)(H,28,31)/t20-,21+/m1/s1. The summed E-state index contributed by atoms with van der Waals surface area (Å²) in [4.78, 5) is 29.2. The van der Waals surface area contributed by atoms with E-state index in [1.807, 2.05) is 13.8 Å². The zero-order valence-corrected chi connectivity index (χ0v) is 19.2. The third-order valence-electron chi connectivity index (χ3n) is 4.52. The number of rotatable bonds is 8. The summed E-state index contributed by atoms with van der Waals surface area (Å²) >= 11 is 0. The van der Waals surface area contributed by atoms with Crippen molar-refractivity contribution < 1.29 is 23.8 Å². The first kappa shape index (κ1) is 25.3. The van der Waals surface area contributed by atoms with Gasteiger partial charge in [-0.05, 0) is 64.8 Å². The molecule has 0 spiro atoms. The average Bonchev–Trinajstić information content (AvgIpc) is 2.67. The molecule has 32 heavy (non-hydrogen) atoms. The van der Waals surface area contributed by atoms with Crippen molar-refractivity contribution in [1.82, 2.24) is 15.6 Å². The Balaban J connectivity index is 2.26. The van der Waals surface area contributed by atoms with Gasteiger partial charge in [0.1, 0.15) is 11.4 Å². The van der Waals surface area contributed by atoms with Crippen LogP contribution in [0.1, 0.15) is 56.2 Å². The Hall–Kier alpha value is -3.00. The number of nitrogens with zero attached hydrogens (tertiary/aromatic N) is 1. The van der Waals surface area contributed by atoms with Crippen molar-refractivity contribution >= 4 is 12.0 Å². The summed E-state index contributed by atoms with van der Waals surface area (Å²) in [5.41, 5.74) is 0.317. The highest BCUT2D eigenvalue weighted by atomic mass is 19.1. The van der Waals surface area contributed by atoms with Crippen molar-refractivity contribution in [2.45, 2.75) is 71.2 Å². The Kier molecular flexibility index (Phi) is 8.72. The van der Waals surface area contributed by atoms with Gasteiger partial charge >= 0.3 is 6.09 Å². The van der Waals surface area contributed by atoms with Gasteiger partial charge in [0.15, 0.2) is 0 Å². The Morgan fingerprint density at radius 1 is 1.09 bits per heavy atom. The van der Waals surface area contributed by atoms with Gasteiger partial charge in [-0.25, -0.2) is 9.18 Å². The van der Waals surface area contributed by atoms with Crippen LogP contribution in [-0.4, -0.2) is 45.9 Å². The maximum absolute atomic E-state index is 14.2. The van der Waals surface area contributed by atoms with Crippen LogP contribution in [0, 0.1) is 5.82 Å². The zero-order valence-electron chi connectivity index (χ0n) is 19.2. The molecule has 7 nitrogen and oxygen atoms in total.